The van der Waals surface area contributed by atoms with Crippen LogP contribution in [0.3, 0.4) is 0 Å². The first-order valence-corrected chi connectivity index (χ1v) is 6.31. The monoisotopic (exact) mass is 257 g/mol. The zero-order chi connectivity index (χ0) is 12.4. The number of hydrogen-bond acceptors (Lipinski definition) is 3. The maximum absolute atomic E-state index is 13.7. The Balaban J connectivity index is 2.17. The highest BCUT2D eigenvalue weighted by atomic mass is 35.5. The second-order valence-corrected chi connectivity index (χ2v) is 4.96. The van der Waals surface area contributed by atoms with E-state index in [0.717, 1.165) is 25.9 Å². The van der Waals surface area contributed by atoms with Gasteiger partial charge in [-0.1, -0.05) is 24.9 Å². The summed E-state index contributed by atoms with van der Waals surface area (Å²) in [5.74, 6) is 0.434. The van der Waals surface area contributed by atoms with E-state index in [4.69, 9.17) is 17.3 Å². The summed E-state index contributed by atoms with van der Waals surface area (Å²) in [6.45, 7) is 3.63. The molecule has 2 heterocycles. The van der Waals surface area contributed by atoms with E-state index in [1.165, 1.54) is 12.3 Å². The highest BCUT2D eigenvalue weighted by Gasteiger charge is 2.27. The molecule has 2 unspecified atom stereocenters. The third kappa shape index (κ3) is 2.69. The fraction of sp³-hybridized carbons (Fsp3) is 0.583. The van der Waals surface area contributed by atoms with Crippen molar-refractivity contribution in [3.63, 3.8) is 0 Å². The van der Waals surface area contributed by atoms with Gasteiger partial charge in [-0.2, -0.15) is 0 Å². The van der Waals surface area contributed by atoms with Crippen molar-refractivity contribution >= 4 is 17.4 Å². The van der Waals surface area contributed by atoms with Crippen LogP contribution in [-0.2, 0) is 0 Å². The summed E-state index contributed by atoms with van der Waals surface area (Å²) < 4.78 is 13.7. The van der Waals surface area contributed by atoms with E-state index in [1.807, 2.05) is 4.90 Å². The van der Waals surface area contributed by atoms with Crippen molar-refractivity contribution in [2.45, 2.75) is 25.8 Å². The van der Waals surface area contributed by atoms with Crippen molar-refractivity contribution in [2.75, 3.05) is 18.0 Å². The summed E-state index contributed by atoms with van der Waals surface area (Å²) in [5.41, 5.74) is 6.03. The highest BCUT2D eigenvalue weighted by Crippen LogP contribution is 2.26. The lowest BCUT2D eigenvalue weighted by Crippen LogP contribution is -2.47. The predicted molar refractivity (Wildman–Crippen MR) is 67.8 cm³/mol. The van der Waals surface area contributed by atoms with Crippen molar-refractivity contribution in [2.24, 2.45) is 11.7 Å². The number of nitrogens with two attached hydrogens (primary N) is 1. The van der Waals surface area contributed by atoms with Gasteiger partial charge < -0.3 is 10.6 Å². The van der Waals surface area contributed by atoms with Crippen LogP contribution in [0.25, 0.3) is 0 Å². The number of piperidine rings is 1. The van der Waals surface area contributed by atoms with Gasteiger partial charge in [0, 0.05) is 25.3 Å². The van der Waals surface area contributed by atoms with Crippen LogP contribution in [-0.4, -0.2) is 24.1 Å². The number of aromatic nitrogens is 1. The average Bonchev–Trinajstić information content (AvgIpc) is 2.30. The van der Waals surface area contributed by atoms with Crippen LogP contribution in [0.1, 0.15) is 19.8 Å². The Hall–Kier alpha value is -0.870. The molecule has 3 nitrogen and oxygen atoms in total. The van der Waals surface area contributed by atoms with E-state index in [9.17, 15) is 4.39 Å². The minimum absolute atomic E-state index is 0.214. The first kappa shape index (κ1) is 12.6. The maximum Gasteiger partial charge on any atom is 0.167 e. The average molecular weight is 258 g/mol. The predicted octanol–water partition coefficient (Wildman–Crippen LogP) is 2.44. The number of pyridine rings is 1. The molecule has 1 aliphatic heterocycles. The molecule has 2 rings (SSSR count). The van der Waals surface area contributed by atoms with Crippen LogP contribution < -0.4 is 10.6 Å². The molecule has 0 aliphatic carbocycles. The van der Waals surface area contributed by atoms with E-state index in [2.05, 4.69) is 11.9 Å². The van der Waals surface area contributed by atoms with Crippen molar-refractivity contribution in [1.29, 1.82) is 0 Å². The second kappa shape index (κ2) is 5.19. The van der Waals surface area contributed by atoms with Gasteiger partial charge in [0.25, 0.3) is 0 Å². The minimum Gasteiger partial charge on any atom is -0.354 e. The van der Waals surface area contributed by atoms with Crippen molar-refractivity contribution in [3.05, 3.63) is 23.1 Å². The molecule has 0 aromatic carbocycles. The quantitative estimate of drug-likeness (QED) is 0.885. The Kier molecular flexibility index (Phi) is 3.84. The SMILES string of the molecule is CCC1CN(c2ncc(Cl)cc2F)CCC1N. The van der Waals surface area contributed by atoms with Gasteiger partial charge in [-0.15, -0.1) is 0 Å². The molecular formula is C12H17ClFN3. The number of rotatable bonds is 2. The van der Waals surface area contributed by atoms with Crippen molar-refractivity contribution in [3.8, 4) is 0 Å². The standard InChI is InChI=1S/C12H17ClFN3/c1-2-8-7-17(4-3-11(8)15)12-10(14)5-9(13)6-16-12/h5-6,8,11H,2-4,7,15H2,1H3. The molecule has 1 aromatic heterocycles. The molecule has 0 radical (unpaired) electrons. The highest BCUT2D eigenvalue weighted by molar-refractivity contribution is 6.30. The molecule has 0 spiro atoms. The zero-order valence-corrected chi connectivity index (χ0v) is 10.6. The van der Waals surface area contributed by atoms with Crippen LogP contribution in [0.4, 0.5) is 10.2 Å². The molecule has 2 N–H and O–H groups in total. The van der Waals surface area contributed by atoms with Crippen LogP contribution in [0, 0.1) is 11.7 Å². The largest absolute Gasteiger partial charge is 0.354 e. The van der Waals surface area contributed by atoms with Gasteiger partial charge in [0.2, 0.25) is 0 Å². The fourth-order valence-corrected chi connectivity index (χ4v) is 2.46. The Bertz CT molecular complexity index is 399. The Morgan fingerprint density at radius 3 is 3.06 bits per heavy atom. The van der Waals surface area contributed by atoms with Gasteiger partial charge in [0.05, 0.1) is 5.02 Å². The summed E-state index contributed by atoms with van der Waals surface area (Å²) >= 11 is 5.69. The van der Waals surface area contributed by atoms with Crippen molar-refractivity contribution < 1.29 is 4.39 Å². The van der Waals surface area contributed by atoms with Gasteiger partial charge in [0.15, 0.2) is 11.6 Å². The number of halogens is 2. The summed E-state index contributed by atoms with van der Waals surface area (Å²) in [6.07, 6.45) is 3.37. The lowest BCUT2D eigenvalue weighted by molar-refractivity contribution is 0.344. The Morgan fingerprint density at radius 2 is 2.41 bits per heavy atom. The molecule has 2 atom stereocenters. The minimum atomic E-state index is -0.358. The molecule has 1 saturated heterocycles. The summed E-state index contributed by atoms with van der Waals surface area (Å²) in [4.78, 5) is 6.03. The van der Waals surface area contributed by atoms with Crippen LogP contribution in [0.5, 0.6) is 0 Å². The molecule has 0 amide bonds. The van der Waals surface area contributed by atoms with E-state index < -0.39 is 0 Å². The maximum atomic E-state index is 13.7. The molecule has 1 fully saturated rings. The summed E-state index contributed by atoms with van der Waals surface area (Å²) in [6, 6.07) is 1.52. The number of hydrogen-bond donors (Lipinski definition) is 1. The lowest BCUT2D eigenvalue weighted by Gasteiger charge is -2.37. The van der Waals surface area contributed by atoms with E-state index in [1.54, 1.807) is 0 Å². The van der Waals surface area contributed by atoms with Gasteiger partial charge in [0.1, 0.15) is 0 Å². The van der Waals surface area contributed by atoms with Gasteiger partial charge in [-0.05, 0) is 18.4 Å². The molecule has 0 bridgehead atoms. The molecule has 1 aliphatic rings. The number of nitrogens with zero attached hydrogens (tertiary/aromatic N) is 2. The number of anilines is 1. The second-order valence-electron chi connectivity index (χ2n) is 4.53. The topological polar surface area (TPSA) is 42.2 Å². The van der Waals surface area contributed by atoms with Crippen molar-refractivity contribution in [1.82, 2.24) is 4.98 Å². The first-order chi connectivity index (χ1) is 8.11. The molecule has 5 heteroatoms. The molecule has 17 heavy (non-hydrogen) atoms. The smallest absolute Gasteiger partial charge is 0.167 e. The lowest BCUT2D eigenvalue weighted by atomic mass is 9.91. The molecule has 94 valence electrons. The van der Waals surface area contributed by atoms with E-state index in [0.29, 0.717) is 16.8 Å². The van der Waals surface area contributed by atoms with Crippen LogP contribution in [0.2, 0.25) is 5.02 Å². The third-order valence-corrected chi connectivity index (χ3v) is 3.61. The fourth-order valence-electron chi connectivity index (χ4n) is 2.31. The van der Waals surface area contributed by atoms with Gasteiger partial charge in [-0.25, -0.2) is 9.37 Å². The van der Waals surface area contributed by atoms with Gasteiger partial charge >= 0.3 is 0 Å². The van der Waals surface area contributed by atoms with E-state index >= 15 is 0 Å². The first-order valence-electron chi connectivity index (χ1n) is 5.93. The van der Waals surface area contributed by atoms with Crippen LogP contribution >= 0.6 is 11.6 Å². The Morgan fingerprint density at radius 1 is 1.65 bits per heavy atom. The molecular weight excluding hydrogens is 241 g/mol. The summed E-state index contributed by atoms with van der Waals surface area (Å²) in [5, 5.41) is 0.326. The molecule has 1 aromatic rings. The van der Waals surface area contributed by atoms with Crippen LogP contribution in [0.15, 0.2) is 12.3 Å². The van der Waals surface area contributed by atoms with E-state index in [-0.39, 0.29) is 11.9 Å². The third-order valence-electron chi connectivity index (χ3n) is 3.41. The molecule has 0 saturated carbocycles. The normalized spacial score (nSPS) is 25.1. The summed E-state index contributed by atoms with van der Waals surface area (Å²) in [7, 11) is 0. The van der Waals surface area contributed by atoms with Gasteiger partial charge in [-0.3, -0.25) is 0 Å². The zero-order valence-electron chi connectivity index (χ0n) is 9.87. The Labute approximate surface area is 106 Å².